The Morgan fingerprint density at radius 2 is 1.95 bits per heavy atom. The number of carbonyl (C=O) groups is 1. The van der Waals surface area contributed by atoms with E-state index in [9.17, 15) is 9.90 Å². The molecule has 0 aromatic heterocycles. The van der Waals surface area contributed by atoms with Crippen molar-refractivity contribution in [1.82, 2.24) is 0 Å². The summed E-state index contributed by atoms with van der Waals surface area (Å²) in [6.45, 7) is 0.621. The molecule has 0 aliphatic carbocycles. The molecule has 5 nitrogen and oxygen atoms in total. The highest BCUT2D eigenvalue weighted by molar-refractivity contribution is 5.77. The average Bonchev–Trinajstić information content (AvgIpc) is 2.91. The lowest BCUT2D eigenvalue weighted by Gasteiger charge is -2.20. The van der Waals surface area contributed by atoms with Crippen LogP contribution in [0.1, 0.15) is 24.3 Å². The molecule has 0 saturated carbocycles. The van der Waals surface area contributed by atoms with Crippen molar-refractivity contribution < 1.29 is 24.1 Å². The third-order valence-electron chi connectivity index (χ3n) is 3.34. The molecule has 19 heavy (non-hydrogen) atoms. The summed E-state index contributed by atoms with van der Waals surface area (Å²) < 4.78 is 15.9. The molecule has 1 aliphatic rings. The summed E-state index contributed by atoms with van der Waals surface area (Å²) in [4.78, 5) is 11.5. The monoisotopic (exact) mass is 266 g/mol. The average molecular weight is 266 g/mol. The molecule has 1 heterocycles. The van der Waals surface area contributed by atoms with Gasteiger partial charge in [-0.3, -0.25) is 4.79 Å². The lowest BCUT2D eigenvalue weighted by Crippen LogP contribution is -2.25. The number of ether oxygens (including phenoxy) is 3. The summed E-state index contributed by atoms with van der Waals surface area (Å²) in [5.74, 6) is -0.411. The number of hydrogen-bond acceptors (Lipinski definition) is 4. The van der Waals surface area contributed by atoms with Crippen LogP contribution in [0.5, 0.6) is 11.5 Å². The van der Waals surface area contributed by atoms with E-state index in [1.54, 1.807) is 32.4 Å². The second kappa shape index (κ2) is 5.93. The molecule has 104 valence electrons. The van der Waals surface area contributed by atoms with Gasteiger partial charge in [0.2, 0.25) is 0 Å². The third kappa shape index (κ3) is 2.98. The number of carboxylic acid groups (broad SMARTS) is 1. The van der Waals surface area contributed by atoms with Gasteiger partial charge in [-0.2, -0.15) is 0 Å². The van der Waals surface area contributed by atoms with Crippen LogP contribution >= 0.6 is 0 Å². The maximum absolute atomic E-state index is 11.5. The van der Waals surface area contributed by atoms with Crippen LogP contribution in [-0.4, -0.2) is 38.0 Å². The largest absolute Gasteiger partial charge is 0.497 e. The van der Waals surface area contributed by atoms with Crippen LogP contribution < -0.4 is 9.47 Å². The van der Waals surface area contributed by atoms with Crippen molar-refractivity contribution >= 4 is 5.97 Å². The van der Waals surface area contributed by atoms with Crippen molar-refractivity contribution in [2.75, 3.05) is 20.8 Å². The fraction of sp³-hybridized carbons (Fsp3) is 0.500. The highest BCUT2D eigenvalue weighted by atomic mass is 16.5. The Balaban J connectivity index is 2.37. The summed E-state index contributed by atoms with van der Waals surface area (Å²) in [7, 11) is 3.08. The molecule has 1 aliphatic heterocycles. The van der Waals surface area contributed by atoms with Crippen LogP contribution in [0.4, 0.5) is 0 Å². The minimum atomic E-state index is -0.887. The molecular weight excluding hydrogens is 248 g/mol. The van der Waals surface area contributed by atoms with Gasteiger partial charge in [-0.05, 0) is 30.5 Å². The van der Waals surface area contributed by atoms with Crippen molar-refractivity contribution in [2.24, 2.45) is 0 Å². The van der Waals surface area contributed by atoms with Crippen LogP contribution in [0.2, 0.25) is 0 Å². The lowest BCUT2D eigenvalue weighted by atomic mass is 9.91. The molecular formula is C14H18O5. The Hall–Kier alpha value is -1.75. The van der Waals surface area contributed by atoms with Crippen LogP contribution in [0, 0.1) is 0 Å². The van der Waals surface area contributed by atoms with Gasteiger partial charge in [0.1, 0.15) is 17.4 Å². The third-order valence-corrected chi connectivity index (χ3v) is 3.34. The van der Waals surface area contributed by atoms with Gasteiger partial charge in [0.05, 0.1) is 20.3 Å². The van der Waals surface area contributed by atoms with E-state index in [2.05, 4.69) is 0 Å². The lowest BCUT2D eigenvalue weighted by molar-refractivity contribution is -0.141. The molecule has 0 spiro atoms. The predicted octanol–water partition coefficient (Wildman–Crippen LogP) is 2.05. The van der Waals surface area contributed by atoms with Gasteiger partial charge in [-0.25, -0.2) is 0 Å². The van der Waals surface area contributed by atoms with Crippen molar-refractivity contribution in [2.45, 2.75) is 24.9 Å². The molecule has 2 atom stereocenters. The molecule has 2 unspecified atom stereocenters. The van der Waals surface area contributed by atoms with Crippen LogP contribution in [0.25, 0.3) is 0 Å². The highest BCUT2D eigenvalue weighted by Crippen LogP contribution is 2.33. The van der Waals surface area contributed by atoms with E-state index >= 15 is 0 Å². The normalized spacial score (nSPS) is 20.0. The number of aliphatic carboxylic acids is 1. The van der Waals surface area contributed by atoms with Crippen LogP contribution in [-0.2, 0) is 9.53 Å². The standard InChI is InChI=1S/C14H18O5/c1-17-10-6-9(7-11(8-10)18-2)13(14(15)16)12-4-3-5-19-12/h6-8,12-13H,3-5H2,1-2H3,(H,15,16). The number of methoxy groups -OCH3 is 2. The fourth-order valence-electron chi connectivity index (χ4n) is 2.39. The smallest absolute Gasteiger partial charge is 0.313 e. The molecule has 1 saturated heterocycles. The Morgan fingerprint density at radius 3 is 2.37 bits per heavy atom. The molecule has 2 rings (SSSR count). The predicted molar refractivity (Wildman–Crippen MR) is 68.9 cm³/mol. The van der Waals surface area contributed by atoms with E-state index in [0.29, 0.717) is 23.7 Å². The van der Waals surface area contributed by atoms with E-state index in [1.165, 1.54) is 0 Å². The summed E-state index contributed by atoms with van der Waals surface area (Å²) >= 11 is 0. The van der Waals surface area contributed by atoms with Gasteiger partial charge in [0, 0.05) is 12.7 Å². The highest BCUT2D eigenvalue weighted by Gasteiger charge is 2.33. The number of hydrogen-bond donors (Lipinski definition) is 1. The van der Waals surface area contributed by atoms with Crippen molar-refractivity contribution in [3.8, 4) is 11.5 Å². The number of carboxylic acids is 1. The van der Waals surface area contributed by atoms with E-state index in [1.807, 2.05) is 0 Å². The Morgan fingerprint density at radius 1 is 1.32 bits per heavy atom. The summed E-state index contributed by atoms with van der Waals surface area (Å²) in [5, 5.41) is 9.45. The Kier molecular flexibility index (Phi) is 4.27. The van der Waals surface area contributed by atoms with E-state index in [-0.39, 0.29) is 6.10 Å². The summed E-state index contributed by atoms with van der Waals surface area (Å²) in [5.41, 5.74) is 0.649. The van der Waals surface area contributed by atoms with Gasteiger partial charge in [0.25, 0.3) is 0 Å². The number of rotatable bonds is 5. The quantitative estimate of drug-likeness (QED) is 0.883. The Labute approximate surface area is 112 Å². The summed E-state index contributed by atoms with van der Waals surface area (Å²) in [6, 6.07) is 5.17. The Bertz CT molecular complexity index is 429. The maximum Gasteiger partial charge on any atom is 0.313 e. The zero-order valence-corrected chi connectivity index (χ0v) is 11.1. The first-order chi connectivity index (χ1) is 9.15. The SMILES string of the molecule is COc1cc(OC)cc(C(C(=O)O)C2CCCO2)c1. The first kappa shape index (κ1) is 13.7. The molecule has 1 fully saturated rings. The topological polar surface area (TPSA) is 65.0 Å². The zero-order chi connectivity index (χ0) is 13.8. The van der Waals surface area contributed by atoms with Gasteiger partial charge in [0.15, 0.2) is 0 Å². The van der Waals surface area contributed by atoms with Crippen molar-refractivity contribution in [1.29, 1.82) is 0 Å². The first-order valence-corrected chi connectivity index (χ1v) is 6.23. The molecule has 1 N–H and O–H groups in total. The second-order valence-electron chi connectivity index (χ2n) is 4.51. The zero-order valence-electron chi connectivity index (χ0n) is 11.1. The fourth-order valence-corrected chi connectivity index (χ4v) is 2.39. The molecule has 1 aromatic rings. The maximum atomic E-state index is 11.5. The van der Waals surface area contributed by atoms with E-state index < -0.39 is 11.9 Å². The second-order valence-corrected chi connectivity index (χ2v) is 4.51. The van der Waals surface area contributed by atoms with Crippen LogP contribution in [0.3, 0.4) is 0 Å². The van der Waals surface area contributed by atoms with E-state index in [4.69, 9.17) is 14.2 Å². The first-order valence-electron chi connectivity index (χ1n) is 6.23. The number of benzene rings is 1. The van der Waals surface area contributed by atoms with Crippen molar-refractivity contribution in [3.63, 3.8) is 0 Å². The van der Waals surface area contributed by atoms with Crippen LogP contribution in [0.15, 0.2) is 18.2 Å². The molecule has 0 radical (unpaired) electrons. The molecule has 1 aromatic carbocycles. The van der Waals surface area contributed by atoms with Gasteiger partial charge in [-0.15, -0.1) is 0 Å². The van der Waals surface area contributed by atoms with Gasteiger partial charge in [-0.1, -0.05) is 0 Å². The molecule has 5 heteroatoms. The minimum absolute atomic E-state index is 0.283. The van der Waals surface area contributed by atoms with Crippen molar-refractivity contribution in [3.05, 3.63) is 23.8 Å². The molecule has 0 amide bonds. The van der Waals surface area contributed by atoms with E-state index in [0.717, 1.165) is 12.8 Å². The molecule has 0 bridgehead atoms. The summed E-state index contributed by atoms with van der Waals surface area (Å²) in [6.07, 6.45) is 1.38. The van der Waals surface area contributed by atoms with Gasteiger partial charge < -0.3 is 19.3 Å². The van der Waals surface area contributed by atoms with Gasteiger partial charge >= 0.3 is 5.97 Å². The minimum Gasteiger partial charge on any atom is -0.497 e.